The maximum atomic E-state index is 13.9. The van der Waals surface area contributed by atoms with Gasteiger partial charge in [-0.15, -0.1) is 0 Å². The van der Waals surface area contributed by atoms with Crippen LogP contribution >= 0.6 is 0 Å². The second kappa shape index (κ2) is 8.23. The Labute approximate surface area is 182 Å². The molecule has 3 aromatic carbocycles. The molecular formula is C23H16F3NO4S. The smallest absolute Gasteiger partial charge is 0.264 e. The van der Waals surface area contributed by atoms with Crippen LogP contribution < -0.4 is 4.31 Å². The first-order valence-corrected chi connectivity index (χ1v) is 11.0. The molecule has 1 aliphatic heterocycles. The summed E-state index contributed by atoms with van der Waals surface area (Å²) in [7, 11) is -4.12. The minimum Gasteiger partial charge on any atom is -0.294 e. The van der Waals surface area contributed by atoms with Crippen LogP contribution in [0.5, 0.6) is 0 Å². The maximum Gasteiger partial charge on any atom is 0.264 e. The molecule has 3 aromatic rings. The first-order chi connectivity index (χ1) is 15.2. The summed E-state index contributed by atoms with van der Waals surface area (Å²) in [5.74, 6) is -3.69. The zero-order valence-electron chi connectivity index (χ0n) is 16.5. The van der Waals surface area contributed by atoms with Crippen molar-refractivity contribution in [2.75, 3.05) is 10.8 Å². The van der Waals surface area contributed by atoms with Crippen LogP contribution in [0.2, 0.25) is 0 Å². The molecule has 0 fully saturated rings. The maximum absolute atomic E-state index is 13.9. The fraction of sp³-hybridized carbons (Fsp3) is 0.130. The SMILES string of the molecule is O=C1CCN(S(=O)(=O)c2ccc(F)cc2)c2cc(CC(=O)c3c(F)cccc3F)ccc21. The summed E-state index contributed by atoms with van der Waals surface area (Å²) in [5.41, 5.74) is -0.192. The van der Waals surface area contributed by atoms with Gasteiger partial charge in [-0.05, 0) is 54.1 Å². The van der Waals surface area contributed by atoms with Crippen LogP contribution in [-0.4, -0.2) is 26.5 Å². The number of rotatable bonds is 5. The highest BCUT2D eigenvalue weighted by Gasteiger charge is 2.33. The van der Waals surface area contributed by atoms with Crippen LogP contribution in [-0.2, 0) is 16.4 Å². The van der Waals surface area contributed by atoms with Crippen molar-refractivity contribution in [1.29, 1.82) is 0 Å². The number of carbonyl (C=O) groups excluding carboxylic acids is 2. The third kappa shape index (κ3) is 3.91. The van der Waals surface area contributed by atoms with Crippen molar-refractivity contribution in [2.45, 2.75) is 17.7 Å². The van der Waals surface area contributed by atoms with E-state index < -0.39 is 45.2 Å². The number of benzene rings is 3. The fourth-order valence-electron chi connectivity index (χ4n) is 3.61. The molecule has 0 unspecified atom stereocenters. The predicted octanol–water partition coefficient (Wildman–Crippen LogP) is 4.31. The Hall–Kier alpha value is -3.46. The van der Waals surface area contributed by atoms with E-state index in [1.54, 1.807) is 0 Å². The third-order valence-electron chi connectivity index (χ3n) is 5.18. The molecule has 0 saturated heterocycles. The monoisotopic (exact) mass is 459 g/mol. The van der Waals surface area contributed by atoms with Gasteiger partial charge in [0.05, 0.1) is 16.1 Å². The highest BCUT2D eigenvalue weighted by Crippen LogP contribution is 2.33. The van der Waals surface area contributed by atoms with Crippen LogP contribution in [0.25, 0.3) is 0 Å². The molecule has 1 heterocycles. The van der Waals surface area contributed by atoms with E-state index >= 15 is 0 Å². The number of hydrogen-bond acceptors (Lipinski definition) is 4. The Kier molecular flexibility index (Phi) is 5.60. The van der Waals surface area contributed by atoms with E-state index in [0.717, 1.165) is 46.8 Å². The third-order valence-corrected chi connectivity index (χ3v) is 7.01. The lowest BCUT2D eigenvalue weighted by Crippen LogP contribution is -2.37. The average molecular weight is 459 g/mol. The van der Waals surface area contributed by atoms with Crippen molar-refractivity contribution in [3.05, 3.63) is 94.8 Å². The number of ketones is 2. The predicted molar refractivity (Wildman–Crippen MR) is 111 cm³/mol. The molecule has 0 bridgehead atoms. The molecule has 5 nitrogen and oxygen atoms in total. The number of carbonyl (C=O) groups is 2. The number of nitrogens with zero attached hydrogens (tertiary/aromatic N) is 1. The van der Waals surface area contributed by atoms with Crippen molar-refractivity contribution in [2.24, 2.45) is 0 Å². The Bertz CT molecular complexity index is 1320. The second-order valence-electron chi connectivity index (χ2n) is 7.25. The summed E-state index contributed by atoms with van der Waals surface area (Å²) in [5, 5.41) is 0. The molecule has 0 N–H and O–H groups in total. The highest BCUT2D eigenvalue weighted by molar-refractivity contribution is 7.92. The van der Waals surface area contributed by atoms with Crippen molar-refractivity contribution in [3.8, 4) is 0 Å². The highest BCUT2D eigenvalue weighted by atomic mass is 32.2. The molecule has 0 aliphatic carbocycles. The molecule has 0 spiro atoms. The molecule has 9 heteroatoms. The van der Waals surface area contributed by atoms with Gasteiger partial charge in [0.15, 0.2) is 11.6 Å². The lowest BCUT2D eigenvalue weighted by molar-refractivity contribution is 0.0976. The molecule has 164 valence electrons. The van der Waals surface area contributed by atoms with E-state index in [4.69, 9.17) is 0 Å². The van der Waals surface area contributed by atoms with E-state index in [2.05, 4.69) is 0 Å². The van der Waals surface area contributed by atoms with Gasteiger partial charge in [0.1, 0.15) is 17.5 Å². The normalized spacial score (nSPS) is 13.7. The van der Waals surface area contributed by atoms with Crippen molar-refractivity contribution in [3.63, 3.8) is 0 Å². The standard InChI is InChI=1S/C23H16F3NO4S/c24-15-5-7-16(8-6-15)32(30,31)27-11-10-21(28)17-9-4-14(12-20(17)27)13-22(29)23-18(25)2-1-3-19(23)26/h1-9,12H,10-11,13H2. The number of hydrogen-bond donors (Lipinski definition) is 0. The van der Waals surface area contributed by atoms with Crippen LogP contribution in [0.3, 0.4) is 0 Å². The van der Waals surface area contributed by atoms with E-state index in [0.29, 0.717) is 0 Å². The van der Waals surface area contributed by atoms with E-state index in [-0.39, 0.29) is 40.5 Å². The quantitative estimate of drug-likeness (QED) is 0.533. The molecule has 0 atom stereocenters. The zero-order chi connectivity index (χ0) is 23.0. The Balaban J connectivity index is 1.72. The van der Waals surface area contributed by atoms with E-state index in [1.807, 2.05) is 0 Å². The molecule has 0 aromatic heterocycles. The molecule has 1 aliphatic rings. The molecular weight excluding hydrogens is 443 g/mol. The minimum atomic E-state index is -4.12. The van der Waals surface area contributed by atoms with Gasteiger partial charge in [0.2, 0.25) is 0 Å². The van der Waals surface area contributed by atoms with Gasteiger partial charge in [-0.2, -0.15) is 0 Å². The van der Waals surface area contributed by atoms with Gasteiger partial charge >= 0.3 is 0 Å². The number of halogens is 3. The summed E-state index contributed by atoms with van der Waals surface area (Å²) in [6, 6.07) is 11.5. The van der Waals surface area contributed by atoms with E-state index in [9.17, 15) is 31.2 Å². The molecule has 4 rings (SSSR count). The number of sulfonamides is 1. The van der Waals surface area contributed by atoms with Crippen LogP contribution in [0.4, 0.5) is 18.9 Å². The molecule has 32 heavy (non-hydrogen) atoms. The van der Waals surface area contributed by atoms with Gasteiger partial charge in [0, 0.05) is 24.9 Å². The van der Waals surface area contributed by atoms with Gasteiger partial charge in [-0.3, -0.25) is 13.9 Å². The van der Waals surface area contributed by atoms with Crippen molar-refractivity contribution in [1.82, 2.24) is 0 Å². The van der Waals surface area contributed by atoms with Crippen LogP contribution in [0.1, 0.15) is 32.7 Å². The number of anilines is 1. The molecule has 0 saturated carbocycles. The summed E-state index contributed by atoms with van der Waals surface area (Å²) < 4.78 is 68.4. The molecule has 0 amide bonds. The van der Waals surface area contributed by atoms with Crippen molar-refractivity contribution >= 4 is 27.3 Å². The minimum absolute atomic E-state index is 0.0495. The van der Waals surface area contributed by atoms with Crippen LogP contribution in [0.15, 0.2) is 65.6 Å². The largest absolute Gasteiger partial charge is 0.294 e. The Morgan fingerprint density at radius 2 is 1.59 bits per heavy atom. The summed E-state index contributed by atoms with van der Waals surface area (Å²) >= 11 is 0. The lowest BCUT2D eigenvalue weighted by Gasteiger charge is -2.30. The van der Waals surface area contributed by atoms with Gasteiger partial charge < -0.3 is 0 Å². The van der Waals surface area contributed by atoms with Crippen molar-refractivity contribution < 1.29 is 31.2 Å². The Morgan fingerprint density at radius 3 is 2.25 bits per heavy atom. The first kappa shape index (κ1) is 21.8. The number of fused-ring (bicyclic) bond motifs is 1. The summed E-state index contributed by atoms with van der Waals surface area (Å²) in [6.07, 6.45) is -0.449. The first-order valence-electron chi connectivity index (χ1n) is 9.60. The summed E-state index contributed by atoms with van der Waals surface area (Å²) in [6.45, 7) is -0.134. The van der Waals surface area contributed by atoms with E-state index in [1.165, 1.54) is 18.2 Å². The topological polar surface area (TPSA) is 71.5 Å². The fourth-order valence-corrected chi connectivity index (χ4v) is 5.09. The van der Waals surface area contributed by atoms with Crippen LogP contribution in [0, 0.1) is 17.5 Å². The zero-order valence-corrected chi connectivity index (χ0v) is 17.3. The average Bonchev–Trinajstić information content (AvgIpc) is 2.74. The van der Waals surface area contributed by atoms with Gasteiger partial charge in [-0.1, -0.05) is 12.1 Å². The second-order valence-corrected chi connectivity index (χ2v) is 9.11. The molecule has 0 radical (unpaired) electrons. The van der Waals surface area contributed by atoms with Gasteiger partial charge in [0.25, 0.3) is 10.0 Å². The lowest BCUT2D eigenvalue weighted by atomic mass is 9.96. The number of Topliss-reactive ketones (excluding diaryl/α,β-unsaturated/α-hetero) is 2. The van der Waals surface area contributed by atoms with Gasteiger partial charge in [-0.25, -0.2) is 21.6 Å². The Morgan fingerprint density at radius 1 is 0.938 bits per heavy atom. The summed E-state index contributed by atoms with van der Waals surface area (Å²) in [4.78, 5) is 24.7.